The van der Waals surface area contributed by atoms with E-state index in [-0.39, 0.29) is 11.7 Å². The van der Waals surface area contributed by atoms with Crippen LogP contribution in [-0.4, -0.2) is 43.9 Å². The Balaban J connectivity index is 1.50. The van der Waals surface area contributed by atoms with Crippen LogP contribution in [0.4, 0.5) is 0 Å². The highest BCUT2D eigenvalue weighted by atomic mass is 16.5. The van der Waals surface area contributed by atoms with Crippen LogP contribution in [-0.2, 0) is 37.2 Å². The quantitative estimate of drug-likeness (QED) is 0.563. The molecule has 3 aromatic rings. The third kappa shape index (κ3) is 5.11. The summed E-state index contributed by atoms with van der Waals surface area (Å²) in [4.78, 5) is 19.0. The summed E-state index contributed by atoms with van der Waals surface area (Å²) in [5.74, 6) is -0.0900. The van der Waals surface area contributed by atoms with Crippen LogP contribution >= 0.6 is 0 Å². The highest BCUT2D eigenvalue weighted by Crippen LogP contribution is 2.26. The van der Waals surface area contributed by atoms with Gasteiger partial charge in [-0.25, -0.2) is 4.79 Å². The molecule has 0 fully saturated rings. The zero-order valence-corrected chi connectivity index (χ0v) is 17.8. The maximum absolute atomic E-state index is 12.6. The summed E-state index contributed by atoms with van der Waals surface area (Å²) in [6.45, 7) is 5.12. The summed E-state index contributed by atoms with van der Waals surface area (Å²) < 4.78 is 7.27. The zero-order chi connectivity index (χ0) is 21.6. The second kappa shape index (κ2) is 9.75. The Hall–Kier alpha value is -3.19. The number of aryl methyl sites for hydroxylation is 2. The SMILES string of the molecule is CCOC(=O)c1nn(CCCc2cccnc2)c2c1CN(Cc1cccc(O)c1)CC2. The molecule has 1 aliphatic rings. The molecule has 0 unspecified atom stereocenters. The van der Waals surface area contributed by atoms with Gasteiger partial charge in [-0.15, -0.1) is 0 Å². The highest BCUT2D eigenvalue weighted by molar-refractivity contribution is 5.89. The first-order valence-electron chi connectivity index (χ1n) is 10.8. The molecular weight excluding hydrogens is 392 g/mol. The Morgan fingerprint density at radius 3 is 2.87 bits per heavy atom. The summed E-state index contributed by atoms with van der Waals surface area (Å²) in [6, 6.07) is 11.3. The number of ether oxygens (including phenoxy) is 1. The molecule has 0 bridgehead atoms. The molecule has 0 saturated heterocycles. The van der Waals surface area contributed by atoms with Gasteiger partial charge in [-0.1, -0.05) is 18.2 Å². The van der Waals surface area contributed by atoms with Crippen molar-refractivity contribution in [3.8, 4) is 5.75 Å². The topological polar surface area (TPSA) is 80.5 Å². The number of esters is 1. The van der Waals surface area contributed by atoms with Gasteiger partial charge >= 0.3 is 5.97 Å². The smallest absolute Gasteiger partial charge is 0.359 e. The minimum absolute atomic E-state index is 0.267. The van der Waals surface area contributed by atoms with Crippen molar-refractivity contribution in [1.82, 2.24) is 19.7 Å². The van der Waals surface area contributed by atoms with Gasteiger partial charge in [0.15, 0.2) is 5.69 Å². The number of phenols is 1. The minimum atomic E-state index is -0.357. The zero-order valence-electron chi connectivity index (χ0n) is 17.8. The Bertz CT molecular complexity index is 1030. The van der Waals surface area contributed by atoms with E-state index in [4.69, 9.17) is 4.74 Å². The number of aromatic nitrogens is 3. The Morgan fingerprint density at radius 2 is 2.10 bits per heavy atom. The first-order valence-corrected chi connectivity index (χ1v) is 10.8. The van der Waals surface area contributed by atoms with Crippen LogP contribution in [0.3, 0.4) is 0 Å². The van der Waals surface area contributed by atoms with Gasteiger partial charge in [-0.2, -0.15) is 5.10 Å². The van der Waals surface area contributed by atoms with Crippen molar-refractivity contribution in [2.75, 3.05) is 13.2 Å². The fourth-order valence-electron chi connectivity index (χ4n) is 4.12. The van der Waals surface area contributed by atoms with Gasteiger partial charge < -0.3 is 9.84 Å². The second-order valence-electron chi connectivity index (χ2n) is 7.81. The predicted molar refractivity (Wildman–Crippen MR) is 117 cm³/mol. The van der Waals surface area contributed by atoms with E-state index in [1.165, 1.54) is 5.56 Å². The molecule has 1 N–H and O–H groups in total. The molecule has 3 heterocycles. The molecule has 0 radical (unpaired) electrons. The van der Waals surface area contributed by atoms with Crippen molar-refractivity contribution in [3.63, 3.8) is 0 Å². The van der Waals surface area contributed by atoms with Gasteiger partial charge in [0.1, 0.15) is 5.75 Å². The van der Waals surface area contributed by atoms with Crippen LogP contribution < -0.4 is 0 Å². The maximum atomic E-state index is 12.6. The maximum Gasteiger partial charge on any atom is 0.359 e. The monoisotopic (exact) mass is 420 g/mol. The first-order chi connectivity index (χ1) is 15.1. The van der Waals surface area contributed by atoms with E-state index in [0.29, 0.717) is 25.4 Å². The number of aromatic hydroxyl groups is 1. The number of nitrogens with zero attached hydrogens (tertiary/aromatic N) is 4. The molecule has 7 nitrogen and oxygen atoms in total. The Kier molecular flexibility index (Phi) is 6.62. The number of phenolic OH excluding ortho intramolecular Hbond substituents is 1. The molecule has 2 aromatic heterocycles. The summed E-state index contributed by atoms with van der Waals surface area (Å²) in [5, 5.41) is 14.4. The molecule has 0 spiro atoms. The van der Waals surface area contributed by atoms with Crippen molar-refractivity contribution in [2.24, 2.45) is 0 Å². The number of rotatable bonds is 8. The summed E-state index contributed by atoms with van der Waals surface area (Å²) in [5.41, 5.74) is 4.77. The number of benzene rings is 1. The average Bonchev–Trinajstić information content (AvgIpc) is 3.13. The molecular formula is C24H28N4O3. The van der Waals surface area contributed by atoms with Crippen LogP contribution in [0.5, 0.6) is 5.75 Å². The molecule has 162 valence electrons. The number of carbonyl (C=O) groups excluding carboxylic acids is 1. The number of hydrogen-bond acceptors (Lipinski definition) is 6. The van der Waals surface area contributed by atoms with Crippen molar-refractivity contribution in [1.29, 1.82) is 0 Å². The van der Waals surface area contributed by atoms with E-state index < -0.39 is 0 Å². The fraction of sp³-hybridized carbons (Fsp3) is 0.375. The van der Waals surface area contributed by atoms with Gasteiger partial charge in [0.25, 0.3) is 0 Å². The summed E-state index contributed by atoms with van der Waals surface area (Å²) in [7, 11) is 0. The minimum Gasteiger partial charge on any atom is -0.508 e. The fourth-order valence-corrected chi connectivity index (χ4v) is 4.12. The number of hydrogen-bond donors (Lipinski definition) is 1. The van der Waals surface area contributed by atoms with Crippen molar-refractivity contribution in [3.05, 3.63) is 76.9 Å². The molecule has 4 rings (SSSR count). The molecule has 0 saturated carbocycles. The van der Waals surface area contributed by atoms with Crippen molar-refractivity contribution in [2.45, 2.75) is 45.8 Å². The average molecular weight is 421 g/mol. The summed E-state index contributed by atoms with van der Waals surface area (Å²) in [6.07, 6.45) is 6.34. The van der Waals surface area contributed by atoms with Crippen LogP contribution in [0.25, 0.3) is 0 Å². The number of fused-ring (bicyclic) bond motifs is 1. The first kappa shape index (κ1) is 21.1. The molecule has 1 aromatic carbocycles. The Labute approximate surface area is 182 Å². The van der Waals surface area contributed by atoms with E-state index in [9.17, 15) is 9.90 Å². The predicted octanol–water partition coefficient (Wildman–Crippen LogP) is 3.35. The van der Waals surface area contributed by atoms with E-state index in [1.54, 1.807) is 18.3 Å². The second-order valence-corrected chi connectivity index (χ2v) is 7.81. The van der Waals surface area contributed by atoms with Crippen LogP contribution in [0, 0.1) is 0 Å². The molecule has 31 heavy (non-hydrogen) atoms. The lowest BCUT2D eigenvalue weighted by atomic mass is 10.0. The van der Waals surface area contributed by atoms with E-state index in [0.717, 1.165) is 49.2 Å². The van der Waals surface area contributed by atoms with Crippen LogP contribution in [0.15, 0.2) is 48.8 Å². The largest absolute Gasteiger partial charge is 0.508 e. The van der Waals surface area contributed by atoms with E-state index >= 15 is 0 Å². The van der Waals surface area contributed by atoms with Crippen LogP contribution in [0.2, 0.25) is 0 Å². The lowest BCUT2D eigenvalue weighted by Crippen LogP contribution is -2.31. The van der Waals surface area contributed by atoms with E-state index in [1.807, 2.05) is 36.0 Å². The molecule has 0 atom stereocenters. The highest BCUT2D eigenvalue weighted by Gasteiger charge is 2.28. The number of pyridine rings is 1. The molecule has 0 amide bonds. The lowest BCUT2D eigenvalue weighted by molar-refractivity contribution is 0.0515. The van der Waals surface area contributed by atoms with Gasteiger partial charge in [0.05, 0.1) is 6.61 Å². The molecule has 0 aliphatic carbocycles. The third-order valence-corrected chi connectivity index (χ3v) is 5.56. The third-order valence-electron chi connectivity index (χ3n) is 5.56. The van der Waals surface area contributed by atoms with Gasteiger partial charge in [0.2, 0.25) is 0 Å². The summed E-state index contributed by atoms with van der Waals surface area (Å²) >= 11 is 0. The Morgan fingerprint density at radius 1 is 1.23 bits per heavy atom. The van der Waals surface area contributed by atoms with Crippen LogP contribution in [0.1, 0.15) is 46.2 Å². The van der Waals surface area contributed by atoms with Gasteiger partial charge in [-0.05, 0) is 49.1 Å². The van der Waals surface area contributed by atoms with Crippen molar-refractivity contribution < 1.29 is 14.6 Å². The molecule has 7 heteroatoms. The standard InChI is InChI=1S/C24H28N4O3/c1-2-31-24(30)23-21-17-27(16-19-6-3-9-20(29)14-19)13-10-22(21)28(26-23)12-5-8-18-7-4-11-25-15-18/h3-4,6-7,9,11,14-15,29H,2,5,8,10,12-13,16-17H2,1H3. The van der Waals surface area contributed by atoms with Gasteiger partial charge in [0, 0.05) is 56.3 Å². The van der Waals surface area contributed by atoms with E-state index in [2.05, 4.69) is 21.0 Å². The molecule has 1 aliphatic heterocycles. The van der Waals surface area contributed by atoms with Gasteiger partial charge in [-0.3, -0.25) is 14.6 Å². The number of carbonyl (C=O) groups is 1. The van der Waals surface area contributed by atoms with Crippen molar-refractivity contribution >= 4 is 5.97 Å². The lowest BCUT2D eigenvalue weighted by Gasteiger charge is -2.27. The normalized spacial score (nSPS) is 13.7.